The Balaban J connectivity index is 0.00000123. The third-order valence-electron chi connectivity index (χ3n) is 4.87. The summed E-state index contributed by atoms with van der Waals surface area (Å²) in [7, 11) is 1.64. The molecular formula is C19H39N3O2. The van der Waals surface area contributed by atoms with E-state index >= 15 is 0 Å². The van der Waals surface area contributed by atoms with Crippen molar-refractivity contribution in [1.29, 1.82) is 0 Å². The number of rotatable bonds is 3. The third kappa shape index (κ3) is 6.08. The van der Waals surface area contributed by atoms with Gasteiger partial charge in [-0.1, -0.05) is 34.6 Å². The molecule has 5 heteroatoms. The molecule has 24 heavy (non-hydrogen) atoms. The van der Waals surface area contributed by atoms with Crippen molar-refractivity contribution in [2.45, 2.75) is 72.8 Å². The highest BCUT2D eigenvalue weighted by molar-refractivity contribution is 5.89. The fourth-order valence-electron chi connectivity index (χ4n) is 3.58. The molecule has 2 fully saturated rings. The Hall–Kier alpha value is -1.10. The predicted octanol–water partition coefficient (Wildman–Crippen LogP) is 2.79. The number of likely N-dealkylation sites (tertiary alicyclic amines) is 1. The van der Waals surface area contributed by atoms with Gasteiger partial charge < -0.3 is 16.0 Å². The number of likely N-dealkylation sites (N-methyl/N-ethyl adjacent to an activating group) is 1. The molecule has 1 aliphatic heterocycles. The molecule has 0 aromatic carbocycles. The Kier molecular flexibility index (Phi) is 11.7. The lowest BCUT2D eigenvalue weighted by Gasteiger charge is -2.32. The van der Waals surface area contributed by atoms with E-state index in [0.29, 0.717) is 18.4 Å². The molecule has 2 rings (SSSR count). The van der Waals surface area contributed by atoms with Crippen LogP contribution in [0.5, 0.6) is 0 Å². The Bertz CT molecular complexity index is 366. The molecule has 1 saturated carbocycles. The first-order valence-corrected chi connectivity index (χ1v) is 9.79. The van der Waals surface area contributed by atoms with E-state index in [4.69, 9.17) is 5.73 Å². The summed E-state index contributed by atoms with van der Waals surface area (Å²) in [6.45, 7) is 11.5. The molecule has 1 saturated heterocycles. The first kappa shape index (κ1) is 22.9. The highest BCUT2D eigenvalue weighted by Crippen LogP contribution is 2.32. The summed E-state index contributed by atoms with van der Waals surface area (Å²) in [5, 5.41) is 2.68. The standard InChI is InChI=1S/C15H27N3O2.2C2H6/c1-10-7-13(14(19)17-2)18(9-10)15(20)12-5-3-11(8-16)4-6-12;2*1-2/h10-13H,3-9,16H2,1-2H3,(H,17,19);2*1-2H3. The molecule has 0 aromatic heterocycles. The van der Waals surface area contributed by atoms with Crippen molar-refractivity contribution in [2.24, 2.45) is 23.5 Å². The van der Waals surface area contributed by atoms with Gasteiger partial charge in [-0.25, -0.2) is 0 Å². The van der Waals surface area contributed by atoms with Crippen LogP contribution in [0.15, 0.2) is 0 Å². The minimum absolute atomic E-state index is 0.0293. The van der Waals surface area contributed by atoms with Gasteiger partial charge in [0.1, 0.15) is 6.04 Å². The number of nitrogens with one attached hydrogen (secondary N) is 1. The van der Waals surface area contributed by atoms with Gasteiger partial charge in [-0.05, 0) is 50.5 Å². The fourth-order valence-corrected chi connectivity index (χ4v) is 3.58. The van der Waals surface area contributed by atoms with E-state index in [9.17, 15) is 9.59 Å². The first-order valence-electron chi connectivity index (χ1n) is 9.79. The van der Waals surface area contributed by atoms with Gasteiger partial charge in [0, 0.05) is 19.5 Å². The number of hydrogen-bond donors (Lipinski definition) is 2. The van der Waals surface area contributed by atoms with Gasteiger partial charge in [0.05, 0.1) is 0 Å². The second-order valence-electron chi connectivity index (χ2n) is 6.41. The van der Waals surface area contributed by atoms with Crippen LogP contribution in [0.1, 0.15) is 66.7 Å². The Morgan fingerprint density at radius 2 is 1.62 bits per heavy atom. The quantitative estimate of drug-likeness (QED) is 0.829. The maximum absolute atomic E-state index is 12.7. The van der Waals surface area contributed by atoms with Crippen molar-refractivity contribution in [2.75, 3.05) is 20.1 Å². The zero-order valence-corrected chi connectivity index (χ0v) is 16.6. The van der Waals surface area contributed by atoms with Crippen LogP contribution in [0.3, 0.4) is 0 Å². The summed E-state index contributed by atoms with van der Waals surface area (Å²) < 4.78 is 0. The zero-order valence-electron chi connectivity index (χ0n) is 16.6. The Morgan fingerprint density at radius 3 is 2.08 bits per heavy atom. The second kappa shape index (κ2) is 12.3. The van der Waals surface area contributed by atoms with Gasteiger partial charge in [0.2, 0.25) is 11.8 Å². The molecule has 2 unspecified atom stereocenters. The largest absolute Gasteiger partial charge is 0.357 e. The number of hydrogen-bond acceptors (Lipinski definition) is 3. The van der Waals surface area contributed by atoms with Gasteiger partial charge in [-0.2, -0.15) is 0 Å². The molecule has 5 nitrogen and oxygen atoms in total. The van der Waals surface area contributed by atoms with Crippen LogP contribution in [-0.2, 0) is 9.59 Å². The van der Waals surface area contributed by atoms with Gasteiger partial charge >= 0.3 is 0 Å². The summed E-state index contributed by atoms with van der Waals surface area (Å²) in [4.78, 5) is 26.4. The molecule has 2 aliphatic rings. The number of carbonyl (C=O) groups excluding carboxylic acids is 2. The number of amides is 2. The summed E-state index contributed by atoms with van der Waals surface area (Å²) in [5.74, 6) is 1.22. The molecule has 1 aliphatic carbocycles. The van der Waals surface area contributed by atoms with Crippen molar-refractivity contribution in [3.8, 4) is 0 Å². The van der Waals surface area contributed by atoms with Crippen LogP contribution in [-0.4, -0.2) is 42.9 Å². The molecule has 2 atom stereocenters. The smallest absolute Gasteiger partial charge is 0.242 e. The van der Waals surface area contributed by atoms with Crippen molar-refractivity contribution in [1.82, 2.24) is 10.2 Å². The molecule has 0 spiro atoms. The van der Waals surface area contributed by atoms with E-state index in [1.807, 2.05) is 32.6 Å². The van der Waals surface area contributed by atoms with E-state index in [2.05, 4.69) is 12.2 Å². The lowest BCUT2D eigenvalue weighted by molar-refractivity contribution is -0.142. The van der Waals surface area contributed by atoms with Gasteiger partial charge in [0.15, 0.2) is 0 Å². The lowest BCUT2D eigenvalue weighted by Crippen LogP contribution is -2.47. The van der Waals surface area contributed by atoms with Gasteiger partial charge in [-0.3, -0.25) is 9.59 Å². The zero-order chi connectivity index (χ0) is 18.7. The van der Waals surface area contributed by atoms with Crippen LogP contribution in [0.2, 0.25) is 0 Å². The average molecular weight is 342 g/mol. The average Bonchev–Trinajstić information content (AvgIpc) is 3.05. The number of carbonyl (C=O) groups is 2. The Labute approximate surface area is 148 Å². The molecule has 0 aromatic rings. The second-order valence-corrected chi connectivity index (χ2v) is 6.41. The highest BCUT2D eigenvalue weighted by atomic mass is 16.2. The van der Waals surface area contributed by atoms with Crippen LogP contribution >= 0.6 is 0 Å². The SMILES string of the molecule is CC.CC.CNC(=O)C1CC(C)CN1C(=O)C1CCC(CN)CC1. The maximum atomic E-state index is 12.7. The molecule has 1 heterocycles. The van der Waals surface area contributed by atoms with Crippen LogP contribution in [0, 0.1) is 17.8 Å². The Morgan fingerprint density at radius 1 is 1.08 bits per heavy atom. The minimum atomic E-state index is -0.269. The van der Waals surface area contributed by atoms with E-state index in [-0.39, 0.29) is 23.8 Å². The molecule has 0 radical (unpaired) electrons. The fraction of sp³-hybridized carbons (Fsp3) is 0.895. The lowest BCUT2D eigenvalue weighted by atomic mass is 9.81. The summed E-state index contributed by atoms with van der Waals surface area (Å²) in [6, 6.07) is -0.269. The summed E-state index contributed by atoms with van der Waals surface area (Å²) in [5.41, 5.74) is 5.70. The van der Waals surface area contributed by atoms with Gasteiger partial charge in [0.25, 0.3) is 0 Å². The van der Waals surface area contributed by atoms with E-state index in [1.165, 1.54) is 0 Å². The predicted molar refractivity (Wildman–Crippen MR) is 101 cm³/mol. The topological polar surface area (TPSA) is 75.4 Å². The first-order chi connectivity index (χ1) is 11.6. The molecule has 0 bridgehead atoms. The monoisotopic (exact) mass is 341 g/mol. The third-order valence-corrected chi connectivity index (χ3v) is 4.87. The van der Waals surface area contributed by atoms with Crippen molar-refractivity contribution < 1.29 is 9.59 Å². The van der Waals surface area contributed by atoms with Crippen LogP contribution in [0.25, 0.3) is 0 Å². The number of nitrogens with two attached hydrogens (primary N) is 1. The van der Waals surface area contributed by atoms with E-state index in [1.54, 1.807) is 7.05 Å². The van der Waals surface area contributed by atoms with Gasteiger partial charge in [-0.15, -0.1) is 0 Å². The van der Waals surface area contributed by atoms with Crippen LogP contribution < -0.4 is 11.1 Å². The highest BCUT2D eigenvalue weighted by Gasteiger charge is 2.40. The summed E-state index contributed by atoms with van der Waals surface area (Å²) >= 11 is 0. The van der Waals surface area contributed by atoms with E-state index in [0.717, 1.165) is 38.6 Å². The van der Waals surface area contributed by atoms with Crippen molar-refractivity contribution >= 4 is 11.8 Å². The van der Waals surface area contributed by atoms with E-state index < -0.39 is 0 Å². The summed E-state index contributed by atoms with van der Waals surface area (Å²) in [6.07, 6.45) is 4.71. The van der Waals surface area contributed by atoms with Crippen LogP contribution in [0.4, 0.5) is 0 Å². The molecular weight excluding hydrogens is 302 g/mol. The normalized spacial score (nSPS) is 28.9. The maximum Gasteiger partial charge on any atom is 0.242 e. The number of nitrogens with zero attached hydrogens (tertiary/aromatic N) is 1. The van der Waals surface area contributed by atoms with Crippen molar-refractivity contribution in [3.05, 3.63) is 0 Å². The molecule has 3 N–H and O–H groups in total. The molecule has 142 valence electrons. The van der Waals surface area contributed by atoms with Crippen molar-refractivity contribution in [3.63, 3.8) is 0 Å². The molecule has 2 amide bonds. The minimum Gasteiger partial charge on any atom is -0.357 e.